The number of rotatable bonds is 3. The molecule has 0 aliphatic rings. The third-order valence-corrected chi connectivity index (χ3v) is 3.10. The minimum atomic E-state index is -0.636. The van der Waals surface area contributed by atoms with Crippen molar-refractivity contribution in [3.05, 3.63) is 63.6 Å². The Kier molecular flexibility index (Phi) is 4.04. The number of benzene rings is 2. The lowest BCUT2D eigenvalue weighted by molar-refractivity contribution is 0.584. The van der Waals surface area contributed by atoms with Gasteiger partial charge >= 0.3 is 0 Å². The highest BCUT2D eigenvalue weighted by atomic mass is 35.5. The summed E-state index contributed by atoms with van der Waals surface area (Å²) in [6.45, 7) is 0.293. The molecule has 1 nitrogen and oxygen atoms in total. The average Bonchev–Trinajstić information content (AvgIpc) is 2.27. The Hall–Kier alpha value is -1.32. The van der Waals surface area contributed by atoms with Crippen molar-refractivity contribution in [2.75, 3.05) is 5.32 Å². The molecule has 0 aliphatic heterocycles. The number of hydrogen-bond donors (Lipinski definition) is 1. The van der Waals surface area contributed by atoms with Gasteiger partial charge in [0.05, 0.1) is 0 Å². The first-order chi connectivity index (χ1) is 8.56. The van der Waals surface area contributed by atoms with E-state index in [1.54, 1.807) is 18.2 Å². The quantitative estimate of drug-likeness (QED) is 0.848. The van der Waals surface area contributed by atoms with E-state index >= 15 is 0 Å². The minimum Gasteiger partial charge on any atom is -0.381 e. The summed E-state index contributed by atoms with van der Waals surface area (Å²) in [5.74, 6) is -1.27. The Balaban J connectivity index is 2.16. The molecule has 5 heteroatoms. The molecule has 0 aromatic heterocycles. The van der Waals surface area contributed by atoms with Gasteiger partial charge in [-0.25, -0.2) is 8.78 Å². The molecule has 0 saturated carbocycles. The van der Waals surface area contributed by atoms with Crippen LogP contribution in [0.4, 0.5) is 14.5 Å². The smallest absolute Gasteiger partial charge is 0.128 e. The molecule has 94 valence electrons. The van der Waals surface area contributed by atoms with E-state index in [2.05, 4.69) is 5.32 Å². The maximum atomic E-state index is 13.0. The van der Waals surface area contributed by atoms with Crippen LogP contribution < -0.4 is 5.32 Å². The molecule has 0 atom stereocenters. The zero-order chi connectivity index (χ0) is 13.1. The fraction of sp³-hybridized carbons (Fsp3) is 0.0769. The topological polar surface area (TPSA) is 12.0 Å². The van der Waals surface area contributed by atoms with Crippen molar-refractivity contribution in [1.29, 1.82) is 0 Å². The molecule has 0 bridgehead atoms. The second kappa shape index (κ2) is 5.55. The molecule has 2 rings (SSSR count). The van der Waals surface area contributed by atoms with Crippen LogP contribution >= 0.6 is 23.2 Å². The predicted octanol–water partition coefficient (Wildman–Crippen LogP) is 4.88. The van der Waals surface area contributed by atoms with Crippen LogP contribution in [-0.4, -0.2) is 0 Å². The summed E-state index contributed by atoms with van der Waals surface area (Å²) >= 11 is 12.0. The van der Waals surface area contributed by atoms with Crippen LogP contribution in [0.5, 0.6) is 0 Å². The van der Waals surface area contributed by atoms with E-state index < -0.39 is 11.6 Å². The molecule has 18 heavy (non-hydrogen) atoms. The maximum Gasteiger partial charge on any atom is 0.128 e. The van der Waals surface area contributed by atoms with E-state index in [-0.39, 0.29) is 0 Å². The predicted molar refractivity (Wildman–Crippen MR) is 70.1 cm³/mol. The first-order valence-corrected chi connectivity index (χ1v) is 5.95. The summed E-state index contributed by atoms with van der Waals surface area (Å²) in [5, 5.41) is 3.89. The van der Waals surface area contributed by atoms with Gasteiger partial charge in [0.2, 0.25) is 0 Å². The van der Waals surface area contributed by atoms with Crippen molar-refractivity contribution in [3.8, 4) is 0 Å². The molecular weight excluding hydrogens is 279 g/mol. The summed E-state index contributed by atoms with van der Waals surface area (Å²) in [7, 11) is 0. The largest absolute Gasteiger partial charge is 0.381 e. The second-order valence-corrected chi connectivity index (χ2v) is 4.53. The van der Waals surface area contributed by atoms with Gasteiger partial charge in [0, 0.05) is 33.9 Å². The summed E-state index contributed by atoms with van der Waals surface area (Å²) < 4.78 is 26.0. The molecular formula is C13H9Cl2F2N. The Labute approximate surface area is 113 Å². The van der Waals surface area contributed by atoms with Crippen molar-refractivity contribution < 1.29 is 8.78 Å². The number of halogens is 4. The van der Waals surface area contributed by atoms with Crippen molar-refractivity contribution in [2.24, 2.45) is 0 Å². The Morgan fingerprint density at radius 3 is 2.06 bits per heavy atom. The molecule has 0 aliphatic carbocycles. The summed E-state index contributed by atoms with van der Waals surface area (Å²) in [5.41, 5.74) is 1.02. The van der Waals surface area contributed by atoms with Gasteiger partial charge in [0.15, 0.2) is 0 Å². The molecule has 0 heterocycles. The van der Waals surface area contributed by atoms with Crippen LogP contribution in [0.1, 0.15) is 5.56 Å². The average molecular weight is 288 g/mol. The fourth-order valence-corrected chi connectivity index (χ4v) is 2.08. The van der Waals surface area contributed by atoms with Crippen LogP contribution in [0, 0.1) is 11.6 Å². The van der Waals surface area contributed by atoms with Crippen molar-refractivity contribution in [3.63, 3.8) is 0 Å². The number of hydrogen-bond acceptors (Lipinski definition) is 1. The van der Waals surface area contributed by atoms with Crippen molar-refractivity contribution >= 4 is 28.9 Å². The molecule has 2 aromatic rings. The first kappa shape index (κ1) is 13.1. The maximum absolute atomic E-state index is 13.0. The highest BCUT2D eigenvalue weighted by molar-refractivity contribution is 6.36. The van der Waals surface area contributed by atoms with Gasteiger partial charge in [-0.15, -0.1) is 0 Å². The van der Waals surface area contributed by atoms with Crippen LogP contribution in [0.15, 0.2) is 36.4 Å². The Morgan fingerprint density at radius 2 is 1.50 bits per heavy atom. The van der Waals surface area contributed by atoms with Gasteiger partial charge in [-0.05, 0) is 24.3 Å². The fourth-order valence-electron chi connectivity index (χ4n) is 1.55. The van der Waals surface area contributed by atoms with Crippen molar-refractivity contribution in [2.45, 2.75) is 6.54 Å². The van der Waals surface area contributed by atoms with Gasteiger partial charge < -0.3 is 5.32 Å². The lowest BCUT2D eigenvalue weighted by Crippen LogP contribution is -2.01. The van der Waals surface area contributed by atoms with E-state index in [9.17, 15) is 8.78 Å². The molecule has 2 aromatic carbocycles. The molecule has 1 N–H and O–H groups in total. The summed E-state index contributed by atoms with van der Waals surface area (Å²) in [6.07, 6.45) is 0. The van der Waals surface area contributed by atoms with E-state index in [4.69, 9.17) is 23.2 Å². The van der Waals surface area contributed by atoms with Crippen LogP contribution in [0.3, 0.4) is 0 Å². The standard InChI is InChI=1S/C13H9Cl2F2N/c14-12-2-1-3-13(15)11(12)7-18-10-5-8(16)4-9(17)6-10/h1-6,18H,7H2. The third kappa shape index (κ3) is 3.12. The lowest BCUT2D eigenvalue weighted by Gasteiger charge is -2.10. The number of anilines is 1. The molecule has 0 fully saturated rings. The lowest BCUT2D eigenvalue weighted by atomic mass is 10.2. The van der Waals surface area contributed by atoms with E-state index in [1.807, 2.05) is 0 Å². The third-order valence-electron chi connectivity index (χ3n) is 2.39. The van der Waals surface area contributed by atoms with Gasteiger partial charge in [0.25, 0.3) is 0 Å². The Morgan fingerprint density at radius 1 is 0.944 bits per heavy atom. The zero-order valence-electron chi connectivity index (χ0n) is 9.18. The van der Waals surface area contributed by atoms with Gasteiger partial charge in [-0.3, -0.25) is 0 Å². The highest BCUT2D eigenvalue weighted by Crippen LogP contribution is 2.25. The van der Waals surface area contributed by atoms with E-state index in [0.717, 1.165) is 6.07 Å². The highest BCUT2D eigenvalue weighted by Gasteiger charge is 2.06. The zero-order valence-corrected chi connectivity index (χ0v) is 10.7. The van der Waals surface area contributed by atoms with Gasteiger partial charge in [-0.1, -0.05) is 29.3 Å². The monoisotopic (exact) mass is 287 g/mol. The SMILES string of the molecule is Fc1cc(F)cc(NCc2c(Cl)cccc2Cl)c1. The van der Waals surface area contributed by atoms with E-state index in [0.29, 0.717) is 27.8 Å². The molecule has 0 amide bonds. The normalized spacial score (nSPS) is 10.4. The molecule has 0 unspecified atom stereocenters. The summed E-state index contributed by atoms with van der Waals surface area (Å²) in [4.78, 5) is 0. The van der Waals surface area contributed by atoms with Crippen LogP contribution in [0.2, 0.25) is 10.0 Å². The Bertz CT molecular complexity index is 532. The second-order valence-electron chi connectivity index (χ2n) is 3.71. The number of nitrogens with one attached hydrogen (secondary N) is 1. The van der Waals surface area contributed by atoms with Crippen LogP contribution in [-0.2, 0) is 6.54 Å². The molecule has 0 spiro atoms. The van der Waals surface area contributed by atoms with Crippen LogP contribution in [0.25, 0.3) is 0 Å². The minimum absolute atomic E-state index is 0.293. The van der Waals surface area contributed by atoms with E-state index in [1.165, 1.54) is 12.1 Å². The summed E-state index contributed by atoms with van der Waals surface area (Å²) in [6, 6.07) is 8.36. The van der Waals surface area contributed by atoms with Gasteiger partial charge in [0.1, 0.15) is 11.6 Å². The molecule has 0 saturated heterocycles. The first-order valence-electron chi connectivity index (χ1n) is 5.19. The van der Waals surface area contributed by atoms with Crippen molar-refractivity contribution in [1.82, 2.24) is 0 Å². The van der Waals surface area contributed by atoms with Gasteiger partial charge in [-0.2, -0.15) is 0 Å². The molecule has 0 radical (unpaired) electrons.